The summed E-state index contributed by atoms with van der Waals surface area (Å²) in [5, 5.41) is 2.29. The van der Waals surface area contributed by atoms with Crippen LogP contribution in [-0.4, -0.2) is 9.97 Å². The molecule has 3 aromatic rings. The number of benzene rings is 1. The highest BCUT2D eigenvalue weighted by molar-refractivity contribution is 9.10. The molecular formula is C14H10BrClN2S2. The molecule has 1 aromatic carbocycles. The number of halogens is 2. The van der Waals surface area contributed by atoms with Crippen LogP contribution in [0.3, 0.4) is 0 Å². The topological polar surface area (TPSA) is 25.8 Å². The van der Waals surface area contributed by atoms with Crippen molar-refractivity contribution >= 4 is 60.8 Å². The molecule has 20 heavy (non-hydrogen) atoms. The number of aryl methyl sites for hydroxylation is 1. The molecule has 0 bridgehead atoms. The number of hydrogen-bond acceptors (Lipinski definition) is 4. The van der Waals surface area contributed by atoms with E-state index in [1.807, 2.05) is 18.2 Å². The summed E-state index contributed by atoms with van der Waals surface area (Å²) in [6.07, 6.45) is 0.998. The second kappa shape index (κ2) is 6.02. The van der Waals surface area contributed by atoms with Crippen molar-refractivity contribution in [1.82, 2.24) is 9.97 Å². The van der Waals surface area contributed by atoms with Crippen molar-refractivity contribution in [2.24, 2.45) is 0 Å². The molecule has 0 saturated carbocycles. The van der Waals surface area contributed by atoms with Crippen molar-refractivity contribution in [3.05, 3.63) is 45.0 Å². The predicted octanol–water partition coefficient (Wildman–Crippen LogP) is 5.82. The van der Waals surface area contributed by atoms with Crippen LogP contribution >= 0.6 is 50.6 Å². The highest BCUT2D eigenvalue weighted by Crippen LogP contribution is 2.38. The maximum absolute atomic E-state index is 6.04. The Hall–Kier alpha value is -0.620. The number of hydrogen-bond donors (Lipinski definition) is 0. The first-order chi connectivity index (χ1) is 9.67. The average molecular weight is 386 g/mol. The lowest BCUT2D eigenvalue weighted by Crippen LogP contribution is -1.86. The molecule has 0 N–H and O–H groups in total. The molecule has 0 spiro atoms. The predicted molar refractivity (Wildman–Crippen MR) is 90.1 cm³/mol. The normalized spacial score (nSPS) is 11.2. The highest BCUT2D eigenvalue weighted by Gasteiger charge is 2.12. The van der Waals surface area contributed by atoms with E-state index in [0.717, 1.165) is 31.0 Å². The molecule has 0 fully saturated rings. The molecule has 2 nitrogen and oxygen atoms in total. The van der Waals surface area contributed by atoms with Gasteiger partial charge in [-0.15, -0.1) is 11.3 Å². The van der Waals surface area contributed by atoms with Gasteiger partial charge in [-0.3, -0.25) is 0 Å². The van der Waals surface area contributed by atoms with Gasteiger partial charge < -0.3 is 0 Å². The van der Waals surface area contributed by atoms with E-state index >= 15 is 0 Å². The highest BCUT2D eigenvalue weighted by atomic mass is 79.9. The summed E-state index contributed by atoms with van der Waals surface area (Å²) in [5.74, 6) is 0. The minimum Gasteiger partial charge on any atom is -0.210 e. The van der Waals surface area contributed by atoms with Gasteiger partial charge in [-0.2, -0.15) is 0 Å². The maximum Gasteiger partial charge on any atom is 0.224 e. The molecule has 102 valence electrons. The second-order valence-corrected chi connectivity index (χ2v) is 7.45. The van der Waals surface area contributed by atoms with E-state index in [-0.39, 0.29) is 0 Å². The Kier molecular flexibility index (Phi) is 4.31. The van der Waals surface area contributed by atoms with Gasteiger partial charge in [-0.05, 0) is 52.2 Å². The van der Waals surface area contributed by atoms with Gasteiger partial charge >= 0.3 is 0 Å². The van der Waals surface area contributed by atoms with Crippen molar-refractivity contribution in [2.75, 3.05) is 0 Å². The molecule has 0 aliphatic rings. The zero-order valence-electron chi connectivity index (χ0n) is 10.6. The minimum atomic E-state index is 0.302. The third-order valence-electron chi connectivity index (χ3n) is 2.77. The Morgan fingerprint density at radius 2 is 2.10 bits per heavy atom. The molecule has 0 atom stereocenters. The SMILES string of the molecule is CCc1cc2c(Sc3ccccc3Br)nc(Cl)nc2s1. The number of nitrogens with zero attached hydrogens (tertiary/aromatic N) is 2. The number of aromatic nitrogens is 2. The summed E-state index contributed by atoms with van der Waals surface area (Å²) in [7, 11) is 0. The van der Waals surface area contributed by atoms with Crippen LogP contribution in [0, 0.1) is 0 Å². The Morgan fingerprint density at radius 3 is 2.85 bits per heavy atom. The van der Waals surface area contributed by atoms with Gasteiger partial charge in [0.25, 0.3) is 0 Å². The second-order valence-electron chi connectivity index (χ2n) is 4.12. The van der Waals surface area contributed by atoms with Crippen LogP contribution in [0.4, 0.5) is 0 Å². The Balaban J connectivity index is 2.11. The Labute approximate surface area is 138 Å². The average Bonchev–Trinajstić information content (AvgIpc) is 2.84. The summed E-state index contributed by atoms with van der Waals surface area (Å²) in [5.41, 5.74) is 0. The quantitative estimate of drug-likeness (QED) is 0.419. The van der Waals surface area contributed by atoms with E-state index in [2.05, 4.69) is 45.0 Å². The standard InChI is InChI=1S/C14H10BrClN2S2/c1-2-8-7-9-12(19-8)17-14(16)18-13(9)20-11-6-4-3-5-10(11)15/h3-7H,2H2,1H3. The molecular weight excluding hydrogens is 376 g/mol. The van der Waals surface area contributed by atoms with E-state index in [1.165, 1.54) is 4.88 Å². The first kappa shape index (κ1) is 14.3. The third-order valence-corrected chi connectivity index (χ3v) is 6.15. The summed E-state index contributed by atoms with van der Waals surface area (Å²) < 4.78 is 1.05. The first-order valence-electron chi connectivity index (χ1n) is 6.05. The summed E-state index contributed by atoms with van der Waals surface area (Å²) in [4.78, 5) is 12.1. The lowest BCUT2D eigenvalue weighted by molar-refractivity contribution is 1.11. The monoisotopic (exact) mass is 384 g/mol. The molecule has 2 heterocycles. The molecule has 0 saturated heterocycles. The van der Waals surface area contributed by atoms with E-state index in [4.69, 9.17) is 11.6 Å². The van der Waals surface area contributed by atoms with Crippen LogP contribution in [0.15, 0.2) is 44.7 Å². The fourth-order valence-corrected chi connectivity index (χ4v) is 4.55. The summed E-state index contributed by atoms with van der Waals surface area (Å²) in [6, 6.07) is 10.3. The van der Waals surface area contributed by atoms with E-state index < -0.39 is 0 Å². The molecule has 3 rings (SSSR count). The fourth-order valence-electron chi connectivity index (χ4n) is 1.80. The molecule has 6 heteroatoms. The molecule has 0 aliphatic carbocycles. The van der Waals surface area contributed by atoms with Crippen LogP contribution in [0.5, 0.6) is 0 Å². The van der Waals surface area contributed by atoms with Gasteiger partial charge in [-0.25, -0.2) is 9.97 Å². The smallest absolute Gasteiger partial charge is 0.210 e. The zero-order valence-corrected chi connectivity index (χ0v) is 14.5. The van der Waals surface area contributed by atoms with Crippen molar-refractivity contribution in [1.29, 1.82) is 0 Å². The van der Waals surface area contributed by atoms with Crippen molar-refractivity contribution in [3.8, 4) is 0 Å². The van der Waals surface area contributed by atoms with Gasteiger partial charge in [0, 0.05) is 19.6 Å². The van der Waals surface area contributed by atoms with E-state index in [0.29, 0.717) is 5.28 Å². The molecule has 0 aliphatic heterocycles. The van der Waals surface area contributed by atoms with Crippen molar-refractivity contribution in [3.63, 3.8) is 0 Å². The summed E-state index contributed by atoms with van der Waals surface area (Å²) in [6.45, 7) is 2.14. The van der Waals surface area contributed by atoms with Crippen LogP contribution in [0.2, 0.25) is 5.28 Å². The van der Waals surface area contributed by atoms with E-state index in [1.54, 1.807) is 23.1 Å². The van der Waals surface area contributed by atoms with Crippen molar-refractivity contribution in [2.45, 2.75) is 23.3 Å². The lowest BCUT2D eigenvalue weighted by Gasteiger charge is -2.04. The fraction of sp³-hybridized carbons (Fsp3) is 0.143. The molecule has 0 amide bonds. The van der Waals surface area contributed by atoms with Gasteiger partial charge in [0.2, 0.25) is 5.28 Å². The maximum atomic E-state index is 6.04. The zero-order chi connectivity index (χ0) is 14.1. The minimum absolute atomic E-state index is 0.302. The Morgan fingerprint density at radius 1 is 1.30 bits per heavy atom. The van der Waals surface area contributed by atoms with Gasteiger partial charge in [0.1, 0.15) is 9.86 Å². The van der Waals surface area contributed by atoms with Crippen LogP contribution in [-0.2, 0) is 6.42 Å². The Bertz CT molecular complexity index is 773. The number of thiophene rings is 1. The first-order valence-corrected chi connectivity index (χ1v) is 8.86. The largest absolute Gasteiger partial charge is 0.224 e. The summed E-state index contributed by atoms with van der Waals surface area (Å²) >= 11 is 12.9. The van der Waals surface area contributed by atoms with E-state index in [9.17, 15) is 0 Å². The van der Waals surface area contributed by atoms with Crippen LogP contribution in [0.25, 0.3) is 10.2 Å². The van der Waals surface area contributed by atoms with Crippen LogP contribution < -0.4 is 0 Å². The molecule has 2 aromatic heterocycles. The third kappa shape index (κ3) is 2.86. The van der Waals surface area contributed by atoms with Gasteiger partial charge in [0.15, 0.2) is 0 Å². The number of rotatable bonds is 3. The lowest BCUT2D eigenvalue weighted by atomic mass is 10.3. The van der Waals surface area contributed by atoms with Gasteiger partial charge in [-0.1, -0.05) is 30.8 Å². The molecule has 0 unspecified atom stereocenters. The van der Waals surface area contributed by atoms with Gasteiger partial charge in [0.05, 0.1) is 0 Å². The molecule has 0 radical (unpaired) electrons. The number of fused-ring (bicyclic) bond motifs is 1. The van der Waals surface area contributed by atoms with Crippen molar-refractivity contribution < 1.29 is 0 Å². The van der Waals surface area contributed by atoms with Crippen LogP contribution in [0.1, 0.15) is 11.8 Å².